The monoisotopic (exact) mass is 185 g/mol. The lowest BCUT2D eigenvalue weighted by Crippen LogP contribution is -2.14. The fourth-order valence-electron chi connectivity index (χ4n) is 1.27. The van der Waals surface area contributed by atoms with Crippen LogP contribution in [-0.4, -0.2) is 11.2 Å². The first-order valence-corrected chi connectivity index (χ1v) is 4.32. The van der Waals surface area contributed by atoms with E-state index in [1.807, 2.05) is 30.3 Å². The van der Waals surface area contributed by atoms with E-state index in [0.717, 1.165) is 5.56 Å². The lowest BCUT2D eigenvalue weighted by atomic mass is 10.0. The molecular formula is C12H11NO. The molecule has 70 valence electrons. The maximum Gasteiger partial charge on any atom is 0.275 e. The van der Waals surface area contributed by atoms with Crippen LogP contribution < -0.4 is 0 Å². The summed E-state index contributed by atoms with van der Waals surface area (Å²) in [5, 5.41) is 9.61. The van der Waals surface area contributed by atoms with Gasteiger partial charge >= 0.3 is 0 Å². The second-order valence-corrected chi connectivity index (χ2v) is 2.96. The minimum absolute atomic E-state index is 0.210. The summed E-state index contributed by atoms with van der Waals surface area (Å²) in [6.45, 7) is 7.00. The number of benzene rings is 1. The summed E-state index contributed by atoms with van der Waals surface area (Å²) in [6, 6.07) is 8.65. The van der Waals surface area contributed by atoms with Gasteiger partial charge in [-0.25, -0.2) is 6.57 Å². The number of aliphatic hydroxyl groups excluding tert-OH is 1. The minimum atomic E-state index is -0.778. The fourth-order valence-corrected chi connectivity index (χ4v) is 1.27. The van der Waals surface area contributed by atoms with Gasteiger partial charge in [0.2, 0.25) is 0 Å². The van der Waals surface area contributed by atoms with Gasteiger partial charge in [0.25, 0.3) is 6.04 Å². The molecule has 0 spiro atoms. The van der Waals surface area contributed by atoms with Gasteiger partial charge in [-0.3, -0.25) is 0 Å². The summed E-state index contributed by atoms with van der Waals surface area (Å²) >= 11 is 0. The fraction of sp³-hybridized carbons (Fsp3) is 0.250. The number of aliphatic hydroxyl groups is 1. The zero-order valence-electron chi connectivity index (χ0n) is 7.72. The molecule has 0 saturated carbocycles. The van der Waals surface area contributed by atoms with E-state index in [0.29, 0.717) is 0 Å². The molecule has 0 aliphatic carbocycles. The number of hydrogen-bond acceptors (Lipinski definition) is 1. The maximum absolute atomic E-state index is 9.61. The molecule has 2 heteroatoms. The number of rotatable bonds is 3. The smallest absolute Gasteiger partial charge is 0.275 e. The van der Waals surface area contributed by atoms with Gasteiger partial charge in [-0.1, -0.05) is 30.3 Å². The van der Waals surface area contributed by atoms with Crippen molar-refractivity contribution >= 4 is 0 Å². The third kappa shape index (κ3) is 2.36. The van der Waals surface area contributed by atoms with E-state index in [1.54, 1.807) is 0 Å². The van der Waals surface area contributed by atoms with Crippen molar-refractivity contribution in [2.24, 2.45) is 0 Å². The highest BCUT2D eigenvalue weighted by Gasteiger charge is 2.24. The Kier molecular flexibility index (Phi) is 3.73. The van der Waals surface area contributed by atoms with Gasteiger partial charge in [-0.2, -0.15) is 0 Å². The van der Waals surface area contributed by atoms with E-state index in [4.69, 9.17) is 13.0 Å². The molecule has 1 aromatic carbocycles. The molecule has 0 aliphatic heterocycles. The van der Waals surface area contributed by atoms with Crippen molar-refractivity contribution in [1.82, 2.24) is 0 Å². The van der Waals surface area contributed by atoms with Gasteiger partial charge in [-0.15, -0.1) is 12.3 Å². The normalized spacial score (nSPS) is 13.6. The van der Waals surface area contributed by atoms with Crippen molar-refractivity contribution in [2.45, 2.75) is 18.6 Å². The van der Waals surface area contributed by atoms with Crippen LogP contribution in [-0.2, 0) is 0 Å². The van der Waals surface area contributed by atoms with Crippen LogP contribution in [0.2, 0.25) is 0 Å². The molecule has 2 unspecified atom stereocenters. The third-order valence-electron chi connectivity index (χ3n) is 1.97. The van der Waals surface area contributed by atoms with Crippen molar-refractivity contribution < 1.29 is 5.11 Å². The highest BCUT2D eigenvalue weighted by Crippen LogP contribution is 2.22. The van der Waals surface area contributed by atoms with Gasteiger partial charge in [0.1, 0.15) is 6.10 Å². The van der Waals surface area contributed by atoms with E-state index >= 15 is 0 Å². The number of terminal acetylenes is 1. The van der Waals surface area contributed by atoms with Crippen LogP contribution in [0.1, 0.15) is 18.0 Å². The summed E-state index contributed by atoms with van der Waals surface area (Å²) in [4.78, 5) is 3.38. The molecular weight excluding hydrogens is 174 g/mol. The van der Waals surface area contributed by atoms with E-state index in [9.17, 15) is 5.11 Å². The highest BCUT2D eigenvalue weighted by atomic mass is 16.3. The van der Waals surface area contributed by atoms with Crippen molar-refractivity contribution in [3.63, 3.8) is 0 Å². The Bertz CT molecular complexity index is 358. The first kappa shape index (κ1) is 10.3. The van der Waals surface area contributed by atoms with Crippen molar-refractivity contribution in [2.75, 3.05) is 0 Å². The molecule has 0 amide bonds. The summed E-state index contributed by atoms with van der Waals surface area (Å²) < 4.78 is 0. The summed E-state index contributed by atoms with van der Waals surface area (Å²) in [6.07, 6.45) is 4.52. The van der Waals surface area contributed by atoms with Crippen LogP contribution >= 0.6 is 0 Å². The van der Waals surface area contributed by atoms with Crippen molar-refractivity contribution in [3.8, 4) is 12.3 Å². The van der Waals surface area contributed by atoms with Crippen LogP contribution in [0.5, 0.6) is 0 Å². The molecule has 2 atom stereocenters. The van der Waals surface area contributed by atoms with Crippen LogP contribution in [0, 0.1) is 18.9 Å². The van der Waals surface area contributed by atoms with Crippen molar-refractivity contribution in [1.29, 1.82) is 0 Å². The molecule has 1 rings (SSSR count). The third-order valence-corrected chi connectivity index (χ3v) is 1.97. The van der Waals surface area contributed by atoms with Gasteiger partial charge in [0.05, 0.1) is 0 Å². The molecule has 0 bridgehead atoms. The largest absolute Gasteiger partial charge is 0.384 e. The number of hydrogen-bond donors (Lipinski definition) is 1. The predicted octanol–water partition coefficient (Wildman–Crippen LogP) is 2.03. The lowest BCUT2D eigenvalue weighted by molar-refractivity contribution is 0.164. The van der Waals surface area contributed by atoms with Crippen LogP contribution in [0.3, 0.4) is 0 Å². The van der Waals surface area contributed by atoms with Crippen molar-refractivity contribution in [3.05, 3.63) is 47.3 Å². The summed E-state index contributed by atoms with van der Waals surface area (Å²) in [5.41, 5.74) is 0.810. The van der Waals surface area contributed by atoms with Gasteiger partial charge in [-0.05, 0) is 0 Å². The zero-order valence-corrected chi connectivity index (χ0v) is 7.72. The van der Waals surface area contributed by atoms with Crippen LogP contribution in [0.25, 0.3) is 4.85 Å². The average molecular weight is 185 g/mol. The Hall–Kier alpha value is -1.77. The van der Waals surface area contributed by atoms with Crippen LogP contribution in [0.15, 0.2) is 30.3 Å². The van der Waals surface area contributed by atoms with E-state index in [2.05, 4.69) is 10.8 Å². The molecule has 0 fully saturated rings. The molecule has 1 aromatic rings. The minimum Gasteiger partial charge on any atom is -0.384 e. The first-order chi connectivity index (χ1) is 6.79. The molecule has 0 saturated heterocycles. The summed E-state index contributed by atoms with van der Waals surface area (Å²) in [7, 11) is 0. The molecule has 1 N–H and O–H groups in total. The number of nitrogens with zero attached hydrogens (tertiary/aromatic N) is 1. The Morgan fingerprint density at radius 3 is 2.57 bits per heavy atom. The Morgan fingerprint density at radius 2 is 2.07 bits per heavy atom. The Morgan fingerprint density at radius 1 is 1.43 bits per heavy atom. The molecule has 0 aliphatic rings. The standard InChI is InChI=1S/C12H11NO/c1-3-7-11(14)12(13-2)10-8-5-4-6-9-10/h1,4-6,8-9,11-12,14H,7H2. The molecule has 2 nitrogen and oxygen atoms in total. The summed E-state index contributed by atoms with van der Waals surface area (Å²) in [5.74, 6) is 2.36. The molecule has 0 heterocycles. The molecule has 0 radical (unpaired) electrons. The second kappa shape index (κ2) is 5.07. The Labute approximate surface area is 84.0 Å². The van der Waals surface area contributed by atoms with E-state index in [-0.39, 0.29) is 6.42 Å². The van der Waals surface area contributed by atoms with Gasteiger partial charge in [0, 0.05) is 12.0 Å². The topological polar surface area (TPSA) is 24.6 Å². The molecule has 14 heavy (non-hydrogen) atoms. The predicted molar refractivity (Wildman–Crippen MR) is 55.2 cm³/mol. The lowest BCUT2D eigenvalue weighted by Gasteiger charge is -2.10. The zero-order chi connectivity index (χ0) is 10.4. The van der Waals surface area contributed by atoms with Gasteiger partial charge < -0.3 is 9.95 Å². The van der Waals surface area contributed by atoms with E-state index < -0.39 is 12.1 Å². The SMILES string of the molecule is [C-]#[N+]C(c1ccccc1)C(O)CC#C. The van der Waals surface area contributed by atoms with Gasteiger partial charge in [0.15, 0.2) is 0 Å². The van der Waals surface area contributed by atoms with E-state index in [1.165, 1.54) is 0 Å². The quantitative estimate of drug-likeness (QED) is 0.565. The average Bonchev–Trinajstić information content (AvgIpc) is 2.21. The van der Waals surface area contributed by atoms with Crippen LogP contribution in [0.4, 0.5) is 0 Å². The first-order valence-electron chi connectivity index (χ1n) is 4.32. The second-order valence-electron chi connectivity index (χ2n) is 2.96. The Balaban J connectivity index is 2.85. The highest BCUT2D eigenvalue weighted by molar-refractivity contribution is 5.23. The molecule has 0 aromatic heterocycles. The maximum atomic E-state index is 9.61.